The molecule has 0 unspecified atom stereocenters. The number of carbonyl (C=O) groups is 1. The molecule has 21 heavy (non-hydrogen) atoms. The van der Waals surface area contributed by atoms with Crippen LogP contribution in [0.3, 0.4) is 0 Å². The Kier molecular flexibility index (Phi) is 4.02. The van der Waals surface area contributed by atoms with Crippen LogP contribution in [0.2, 0.25) is 5.02 Å². The van der Waals surface area contributed by atoms with Gasteiger partial charge in [-0.2, -0.15) is 0 Å². The first-order valence-corrected chi connectivity index (χ1v) is 8.29. The third-order valence-electron chi connectivity index (χ3n) is 3.07. The van der Waals surface area contributed by atoms with Gasteiger partial charge in [-0.05, 0) is 36.8 Å². The highest BCUT2D eigenvalue weighted by molar-refractivity contribution is 9.10. The molecule has 0 spiro atoms. The van der Waals surface area contributed by atoms with Gasteiger partial charge in [0.05, 0.1) is 5.02 Å². The van der Waals surface area contributed by atoms with Crippen molar-refractivity contribution < 1.29 is 4.79 Å². The van der Waals surface area contributed by atoms with Crippen molar-refractivity contribution >= 4 is 60.5 Å². The molecular weight excluding hydrogens is 370 g/mol. The van der Waals surface area contributed by atoms with Gasteiger partial charge in [0, 0.05) is 20.2 Å². The highest BCUT2D eigenvalue weighted by atomic mass is 79.9. The Bertz CT molecular complexity index is 843. The highest BCUT2D eigenvalue weighted by Gasteiger charge is 2.17. The number of halogens is 2. The van der Waals surface area contributed by atoms with Gasteiger partial charge in [-0.25, -0.2) is 0 Å². The number of anilines is 1. The molecule has 0 fully saturated rings. The van der Waals surface area contributed by atoms with Gasteiger partial charge >= 0.3 is 0 Å². The maximum absolute atomic E-state index is 12.4. The number of carbonyl (C=O) groups excluding carboxylic acids is 1. The zero-order valence-corrected chi connectivity index (χ0v) is 14.3. The summed E-state index contributed by atoms with van der Waals surface area (Å²) in [6.45, 7) is 2.02. The van der Waals surface area contributed by atoms with E-state index >= 15 is 0 Å². The number of fused-ring (bicyclic) bond motifs is 1. The lowest BCUT2D eigenvalue weighted by Crippen LogP contribution is -2.10. The van der Waals surface area contributed by atoms with E-state index in [-0.39, 0.29) is 5.91 Å². The molecule has 1 amide bonds. The number of benzene rings is 2. The molecule has 0 radical (unpaired) electrons. The van der Waals surface area contributed by atoms with Crippen molar-refractivity contribution in [2.75, 3.05) is 5.32 Å². The average Bonchev–Trinajstić information content (AvgIpc) is 2.75. The van der Waals surface area contributed by atoms with Crippen molar-refractivity contribution in [2.24, 2.45) is 0 Å². The minimum Gasteiger partial charge on any atom is -0.321 e. The van der Waals surface area contributed by atoms with E-state index in [0.29, 0.717) is 9.90 Å². The van der Waals surface area contributed by atoms with Crippen molar-refractivity contribution in [3.8, 4) is 0 Å². The van der Waals surface area contributed by atoms with Crippen LogP contribution in [0.5, 0.6) is 0 Å². The molecule has 0 aliphatic rings. The second-order valence-corrected chi connectivity index (χ2v) is 7.06. The van der Waals surface area contributed by atoms with Gasteiger partial charge in [0.2, 0.25) is 0 Å². The summed E-state index contributed by atoms with van der Waals surface area (Å²) in [5, 5.41) is 4.31. The molecule has 0 atom stereocenters. The average molecular weight is 381 g/mol. The molecule has 3 rings (SSSR count). The number of hydrogen-bond donors (Lipinski definition) is 1. The molecule has 1 aromatic heterocycles. The van der Waals surface area contributed by atoms with E-state index < -0.39 is 0 Å². The van der Waals surface area contributed by atoms with Crippen LogP contribution in [-0.2, 0) is 0 Å². The van der Waals surface area contributed by atoms with Crippen LogP contribution in [-0.4, -0.2) is 5.91 Å². The smallest absolute Gasteiger partial charge is 0.267 e. The SMILES string of the molecule is Cc1ccc2c(Cl)c(C(=O)Nc3cccc(Br)c3)sc2c1. The number of hydrogen-bond acceptors (Lipinski definition) is 2. The standard InChI is InChI=1S/C16H11BrClNOS/c1-9-5-6-12-13(7-9)21-15(14(12)18)16(20)19-11-4-2-3-10(17)8-11/h2-8H,1H3,(H,19,20). The summed E-state index contributed by atoms with van der Waals surface area (Å²) in [6, 6.07) is 13.5. The molecule has 0 aliphatic heterocycles. The van der Waals surface area contributed by atoms with Gasteiger partial charge in [0.15, 0.2) is 0 Å². The van der Waals surface area contributed by atoms with Crippen LogP contribution in [0.25, 0.3) is 10.1 Å². The summed E-state index contributed by atoms with van der Waals surface area (Å²) in [6.07, 6.45) is 0. The van der Waals surface area contributed by atoms with Crippen molar-refractivity contribution in [1.82, 2.24) is 0 Å². The van der Waals surface area contributed by atoms with Crippen LogP contribution < -0.4 is 5.32 Å². The van der Waals surface area contributed by atoms with Crippen molar-refractivity contribution in [3.05, 3.63) is 62.4 Å². The topological polar surface area (TPSA) is 29.1 Å². The largest absolute Gasteiger partial charge is 0.321 e. The quantitative estimate of drug-likeness (QED) is 0.591. The van der Waals surface area contributed by atoms with E-state index in [1.807, 2.05) is 49.4 Å². The fourth-order valence-electron chi connectivity index (χ4n) is 2.07. The number of rotatable bonds is 2. The lowest BCUT2D eigenvalue weighted by molar-refractivity contribution is 0.103. The molecule has 0 bridgehead atoms. The number of aryl methyl sites for hydroxylation is 1. The fourth-order valence-corrected chi connectivity index (χ4v) is 3.98. The van der Waals surface area contributed by atoms with E-state index in [0.717, 1.165) is 25.8 Å². The second-order valence-electron chi connectivity index (χ2n) is 4.71. The molecule has 3 aromatic rings. The first kappa shape index (κ1) is 14.6. The maximum Gasteiger partial charge on any atom is 0.267 e. The normalized spacial score (nSPS) is 10.8. The zero-order valence-electron chi connectivity index (χ0n) is 11.1. The van der Waals surface area contributed by atoms with E-state index in [2.05, 4.69) is 21.2 Å². The third-order valence-corrected chi connectivity index (χ3v) is 5.22. The first-order chi connectivity index (χ1) is 10.0. The number of thiophene rings is 1. The van der Waals surface area contributed by atoms with Crippen molar-refractivity contribution in [3.63, 3.8) is 0 Å². The van der Waals surface area contributed by atoms with Crippen molar-refractivity contribution in [2.45, 2.75) is 6.92 Å². The van der Waals surface area contributed by atoms with Gasteiger partial charge in [-0.1, -0.05) is 45.7 Å². The van der Waals surface area contributed by atoms with Crippen LogP contribution in [0.15, 0.2) is 46.9 Å². The molecule has 5 heteroatoms. The molecule has 0 saturated carbocycles. The molecule has 0 aliphatic carbocycles. The van der Waals surface area contributed by atoms with E-state index in [4.69, 9.17) is 11.6 Å². The third kappa shape index (κ3) is 2.98. The maximum atomic E-state index is 12.4. The van der Waals surface area contributed by atoms with Crippen LogP contribution in [0.1, 0.15) is 15.2 Å². The Labute approximate surface area is 139 Å². The van der Waals surface area contributed by atoms with Gasteiger partial charge in [0.1, 0.15) is 4.88 Å². The Morgan fingerprint density at radius 1 is 1.24 bits per heavy atom. The van der Waals surface area contributed by atoms with Gasteiger partial charge < -0.3 is 5.32 Å². The van der Waals surface area contributed by atoms with Gasteiger partial charge in [-0.3, -0.25) is 4.79 Å². The lowest BCUT2D eigenvalue weighted by atomic mass is 10.2. The summed E-state index contributed by atoms with van der Waals surface area (Å²) >= 11 is 11.1. The zero-order chi connectivity index (χ0) is 15.0. The number of nitrogens with one attached hydrogen (secondary N) is 1. The van der Waals surface area contributed by atoms with E-state index in [9.17, 15) is 4.79 Å². The van der Waals surface area contributed by atoms with Crippen molar-refractivity contribution in [1.29, 1.82) is 0 Å². The van der Waals surface area contributed by atoms with Crippen LogP contribution in [0, 0.1) is 6.92 Å². The predicted octanol–water partition coefficient (Wildman–Crippen LogP) is 5.88. The molecular formula is C16H11BrClNOS. The minimum absolute atomic E-state index is 0.183. The number of amides is 1. The lowest BCUT2D eigenvalue weighted by Gasteiger charge is -2.04. The molecule has 1 heterocycles. The molecule has 1 N–H and O–H groups in total. The Morgan fingerprint density at radius 2 is 2.05 bits per heavy atom. The fraction of sp³-hybridized carbons (Fsp3) is 0.0625. The molecule has 2 nitrogen and oxygen atoms in total. The Hall–Kier alpha value is -1.36. The second kappa shape index (κ2) is 5.79. The summed E-state index contributed by atoms with van der Waals surface area (Å²) in [5.74, 6) is -0.183. The summed E-state index contributed by atoms with van der Waals surface area (Å²) in [5.41, 5.74) is 1.89. The van der Waals surface area contributed by atoms with E-state index in [1.165, 1.54) is 11.3 Å². The Morgan fingerprint density at radius 3 is 2.81 bits per heavy atom. The summed E-state index contributed by atoms with van der Waals surface area (Å²) in [4.78, 5) is 12.9. The van der Waals surface area contributed by atoms with Crippen LogP contribution in [0.4, 0.5) is 5.69 Å². The molecule has 0 saturated heterocycles. The van der Waals surface area contributed by atoms with Gasteiger partial charge in [0.25, 0.3) is 5.91 Å². The molecule has 2 aromatic carbocycles. The van der Waals surface area contributed by atoms with E-state index in [1.54, 1.807) is 0 Å². The van der Waals surface area contributed by atoms with Crippen LogP contribution >= 0.6 is 38.9 Å². The highest BCUT2D eigenvalue weighted by Crippen LogP contribution is 2.36. The minimum atomic E-state index is -0.183. The summed E-state index contributed by atoms with van der Waals surface area (Å²) in [7, 11) is 0. The van der Waals surface area contributed by atoms with Gasteiger partial charge in [-0.15, -0.1) is 11.3 Å². The molecule has 106 valence electrons. The summed E-state index contributed by atoms with van der Waals surface area (Å²) < 4.78 is 1.94. The first-order valence-electron chi connectivity index (χ1n) is 6.30. The predicted molar refractivity (Wildman–Crippen MR) is 93.7 cm³/mol. The Balaban J connectivity index is 1.96. The monoisotopic (exact) mass is 379 g/mol.